The zero-order valence-corrected chi connectivity index (χ0v) is 19.9. The summed E-state index contributed by atoms with van der Waals surface area (Å²) >= 11 is 0. The Morgan fingerprint density at radius 3 is 1.97 bits per heavy atom. The van der Waals surface area contributed by atoms with Crippen LogP contribution in [0, 0.1) is 6.92 Å². The molecular weight excluding hydrogens is 400 g/mol. The van der Waals surface area contributed by atoms with Crippen molar-refractivity contribution in [3.63, 3.8) is 0 Å². The van der Waals surface area contributed by atoms with Crippen LogP contribution in [-0.4, -0.2) is 60.4 Å². The first-order valence-corrected chi connectivity index (χ1v) is 11.4. The second-order valence-corrected chi connectivity index (χ2v) is 9.72. The SMILES string of the molecule is Cc1ccc(NC(=O)CN2CCN(C(C)C(=O)Nc3ccc(C(C)(C)C)cc3)CC2)cc1. The molecule has 1 fully saturated rings. The average Bonchev–Trinajstić information content (AvgIpc) is 2.75. The molecule has 6 heteroatoms. The number of benzene rings is 2. The third kappa shape index (κ3) is 6.65. The van der Waals surface area contributed by atoms with Crippen LogP contribution in [0.2, 0.25) is 0 Å². The van der Waals surface area contributed by atoms with Gasteiger partial charge in [-0.15, -0.1) is 0 Å². The number of amides is 2. The Hall–Kier alpha value is -2.70. The van der Waals surface area contributed by atoms with Crippen molar-refractivity contribution in [1.82, 2.24) is 9.80 Å². The topological polar surface area (TPSA) is 64.7 Å². The van der Waals surface area contributed by atoms with Crippen LogP contribution in [-0.2, 0) is 15.0 Å². The highest BCUT2D eigenvalue weighted by atomic mass is 16.2. The molecular formula is C26H36N4O2. The summed E-state index contributed by atoms with van der Waals surface area (Å²) in [5.41, 5.74) is 4.14. The molecule has 1 aliphatic rings. The second kappa shape index (κ2) is 10.3. The molecule has 1 heterocycles. The van der Waals surface area contributed by atoms with E-state index in [-0.39, 0.29) is 23.3 Å². The van der Waals surface area contributed by atoms with Gasteiger partial charge in [-0.1, -0.05) is 50.6 Å². The fourth-order valence-corrected chi connectivity index (χ4v) is 3.82. The first kappa shape index (κ1) is 24.0. The average molecular weight is 437 g/mol. The second-order valence-electron chi connectivity index (χ2n) is 9.72. The standard InChI is InChI=1S/C26H36N4O2/c1-19-6-10-22(11-7-19)27-24(31)18-29-14-16-30(17-15-29)20(2)25(32)28-23-12-8-21(9-13-23)26(3,4)5/h6-13,20H,14-18H2,1-5H3,(H,27,31)(H,28,32). The third-order valence-corrected chi connectivity index (χ3v) is 6.06. The highest BCUT2D eigenvalue weighted by Gasteiger charge is 2.26. The van der Waals surface area contributed by atoms with Crippen LogP contribution in [0.4, 0.5) is 11.4 Å². The van der Waals surface area contributed by atoms with Crippen molar-refractivity contribution in [2.45, 2.75) is 46.1 Å². The van der Waals surface area contributed by atoms with Gasteiger partial charge in [0.25, 0.3) is 0 Å². The minimum Gasteiger partial charge on any atom is -0.325 e. The zero-order chi connectivity index (χ0) is 23.3. The van der Waals surface area contributed by atoms with Crippen LogP contribution in [0.15, 0.2) is 48.5 Å². The Morgan fingerprint density at radius 1 is 0.875 bits per heavy atom. The van der Waals surface area contributed by atoms with E-state index in [1.54, 1.807) is 0 Å². The number of hydrogen-bond donors (Lipinski definition) is 2. The summed E-state index contributed by atoms with van der Waals surface area (Å²) in [5, 5.41) is 5.98. The molecule has 2 amide bonds. The van der Waals surface area contributed by atoms with Crippen LogP contribution >= 0.6 is 0 Å². The summed E-state index contributed by atoms with van der Waals surface area (Å²) in [7, 11) is 0. The molecule has 2 aromatic carbocycles. The number of piperazine rings is 1. The lowest BCUT2D eigenvalue weighted by molar-refractivity contribution is -0.122. The van der Waals surface area contributed by atoms with Gasteiger partial charge in [-0.3, -0.25) is 19.4 Å². The predicted molar refractivity (Wildman–Crippen MR) is 131 cm³/mol. The van der Waals surface area contributed by atoms with Gasteiger partial charge >= 0.3 is 0 Å². The molecule has 1 atom stereocenters. The lowest BCUT2D eigenvalue weighted by Crippen LogP contribution is -2.53. The Bertz CT molecular complexity index is 908. The van der Waals surface area contributed by atoms with Crippen molar-refractivity contribution in [2.24, 2.45) is 0 Å². The maximum Gasteiger partial charge on any atom is 0.241 e. The molecule has 6 nitrogen and oxygen atoms in total. The molecule has 0 aromatic heterocycles. The van der Waals surface area contributed by atoms with Gasteiger partial charge in [0, 0.05) is 37.6 Å². The molecule has 1 saturated heterocycles. The number of carbonyl (C=O) groups excluding carboxylic acids is 2. The maximum atomic E-state index is 12.7. The summed E-state index contributed by atoms with van der Waals surface area (Å²) in [4.78, 5) is 29.4. The van der Waals surface area contributed by atoms with Gasteiger partial charge in [-0.2, -0.15) is 0 Å². The summed E-state index contributed by atoms with van der Waals surface area (Å²) in [6.45, 7) is 13.9. The number of rotatable bonds is 6. The first-order chi connectivity index (χ1) is 15.1. The number of nitrogens with zero attached hydrogens (tertiary/aromatic N) is 2. The molecule has 32 heavy (non-hydrogen) atoms. The largest absolute Gasteiger partial charge is 0.325 e. The van der Waals surface area contributed by atoms with Crippen LogP contribution < -0.4 is 10.6 Å². The van der Waals surface area contributed by atoms with Crippen LogP contribution in [0.5, 0.6) is 0 Å². The highest BCUT2D eigenvalue weighted by molar-refractivity contribution is 5.94. The van der Waals surface area contributed by atoms with E-state index in [0.29, 0.717) is 6.54 Å². The molecule has 2 N–H and O–H groups in total. The summed E-state index contributed by atoms with van der Waals surface area (Å²) in [5.74, 6) is -0.00845. The highest BCUT2D eigenvalue weighted by Crippen LogP contribution is 2.23. The van der Waals surface area contributed by atoms with Crippen molar-refractivity contribution < 1.29 is 9.59 Å². The van der Waals surface area contributed by atoms with Crippen molar-refractivity contribution in [1.29, 1.82) is 0 Å². The number of nitrogens with one attached hydrogen (secondary N) is 2. The minimum atomic E-state index is -0.221. The van der Waals surface area contributed by atoms with Crippen molar-refractivity contribution >= 4 is 23.2 Å². The van der Waals surface area contributed by atoms with Crippen LogP contribution in [0.1, 0.15) is 38.8 Å². The molecule has 0 aliphatic carbocycles. The van der Waals surface area contributed by atoms with Gasteiger partial charge in [0.05, 0.1) is 12.6 Å². The molecule has 2 aromatic rings. The lowest BCUT2D eigenvalue weighted by atomic mass is 9.87. The number of aryl methyl sites for hydroxylation is 1. The van der Waals surface area contributed by atoms with Gasteiger partial charge in [0.1, 0.15) is 0 Å². The minimum absolute atomic E-state index is 0.000859. The fraction of sp³-hybridized carbons (Fsp3) is 0.462. The van der Waals surface area contributed by atoms with E-state index in [4.69, 9.17) is 0 Å². The Kier molecular flexibility index (Phi) is 7.69. The molecule has 0 radical (unpaired) electrons. The molecule has 0 spiro atoms. The summed E-state index contributed by atoms with van der Waals surface area (Å²) in [6, 6.07) is 15.7. The molecule has 0 saturated carbocycles. The van der Waals surface area contributed by atoms with Gasteiger partial charge in [-0.25, -0.2) is 0 Å². The monoisotopic (exact) mass is 436 g/mol. The number of carbonyl (C=O) groups is 2. The fourth-order valence-electron chi connectivity index (χ4n) is 3.82. The smallest absolute Gasteiger partial charge is 0.241 e. The maximum absolute atomic E-state index is 12.7. The normalized spacial score (nSPS) is 16.4. The van der Waals surface area contributed by atoms with E-state index in [1.807, 2.05) is 50.2 Å². The van der Waals surface area contributed by atoms with E-state index >= 15 is 0 Å². The molecule has 1 unspecified atom stereocenters. The van der Waals surface area contributed by atoms with E-state index < -0.39 is 0 Å². The van der Waals surface area contributed by atoms with Crippen molar-refractivity contribution in [2.75, 3.05) is 43.4 Å². The van der Waals surface area contributed by atoms with E-state index in [0.717, 1.165) is 37.6 Å². The number of hydrogen-bond acceptors (Lipinski definition) is 4. The summed E-state index contributed by atoms with van der Waals surface area (Å²) < 4.78 is 0. The van der Waals surface area contributed by atoms with Crippen LogP contribution in [0.25, 0.3) is 0 Å². The van der Waals surface area contributed by atoms with Crippen LogP contribution in [0.3, 0.4) is 0 Å². The van der Waals surface area contributed by atoms with Gasteiger partial charge in [-0.05, 0) is 49.1 Å². The lowest BCUT2D eigenvalue weighted by Gasteiger charge is -2.37. The van der Waals surface area contributed by atoms with Crippen molar-refractivity contribution in [3.8, 4) is 0 Å². The Morgan fingerprint density at radius 2 is 1.41 bits per heavy atom. The van der Waals surface area contributed by atoms with Gasteiger partial charge in [0.2, 0.25) is 11.8 Å². The zero-order valence-electron chi connectivity index (χ0n) is 19.9. The van der Waals surface area contributed by atoms with E-state index in [2.05, 4.69) is 53.3 Å². The Balaban J connectivity index is 1.44. The molecule has 1 aliphatic heterocycles. The Labute approximate surface area is 192 Å². The van der Waals surface area contributed by atoms with E-state index in [9.17, 15) is 9.59 Å². The first-order valence-electron chi connectivity index (χ1n) is 11.4. The quantitative estimate of drug-likeness (QED) is 0.721. The third-order valence-electron chi connectivity index (χ3n) is 6.06. The van der Waals surface area contributed by atoms with Gasteiger partial charge in [0.15, 0.2) is 0 Å². The number of anilines is 2. The van der Waals surface area contributed by atoms with Crippen molar-refractivity contribution in [3.05, 3.63) is 59.7 Å². The molecule has 3 rings (SSSR count). The predicted octanol–water partition coefficient (Wildman–Crippen LogP) is 3.88. The molecule has 172 valence electrons. The molecule has 0 bridgehead atoms. The summed E-state index contributed by atoms with van der Waals surface area (Å²) in [6.07, 6.45) is 0. The van der Waals surface area contributed by atoms with E-state index in [1.165, 1.54) is 11.1 Å². The van der Waals surface area contributed by atoms with Gasteiger partial charge < -0.3 is 10.6 Å².